The quantitative estimate of drug-likeness (QED) is 0.816. The van der Waals surface area contributed by atoms with Crippen LogP contribution < -0.4 is 11.1 Å². The van der Waals surface area contributed by atoms with Crippen LogP contribution in [0.4, 0.5) is 5.69 Å². The molecular weight excluding hydrogens is 202 g/mol. The Hall–Kier alpha value is -1.58. The first kappa shape index (κ1) is 12.5. The molecule has 0 bridgehead atoms. The van der Waals surface area contributed by atoms with Gasteiger partial charge in [-0.15, -0.1) is 0 Å². The van der Waals surface area contributed by atoms with Gasteiger partial charge in [-0.25, -0.2) is 4.98 Å². The molecule has 88 valence electrons. The van der Waals surface area contributed by atoms with Crippen LogP contribution in [0.25, 0.3) is 0 Å². The maximum absolute atomic E-state index is 11.9. The van der Waals surface area contributed by atoms with Crippen LogP contribution >= 0.6 is 0 Å². The van der Waals surface area contributed by atoms with Crippen LogP contribution in [0.15, 0.2) is 18.3 Å². The van der Waals surface area contributed by atoms with Crippen molar-refractivity contribution in [3.05, 3.63) is 24.0 Å². The molecule has 0 spiro atoms. The smallest absolute Gasteiger partial charge is 0.270 e. The average molecular weight is 221 g/mol. The fraction of sp³-hybridized carbons (Fsp3) is 0.500. The van der Waals surface area contributed by atoms with E-state index in [1.807, 2.05) is 6.92 Å². The molecule has 4 heteroatoms. The molecule has 0 unspecified atom stereocenters. The van der Waals surface area contributed by atoms with E-state index in [1.54, 1.807) is 12.1 Å². The van der Waals surface area contributed by atoms with Crippen molar-refractivity contribution in [1.29, 1.82) is 0 Å². The number of amides is 1. The van der Waals surface area contributed by atoms with Gasteiger partial charge in [0, 0.05) is 5.54 Å². The zero-order valence-electron chi connectivity index (χ0n) is 10.1. The van der Waals surface area contributed by atoms with E-state index in [-0.39, 0.29) is 11.4 Å². The molecule has 1 aromatic heterocycles. The van der Waals surface area contributed by atoms with Crippen LogP contribution in [0.5, 0.6) is 0 Å². The standard InChI is InChI=1S/C12H19N3O/c1-4-12(3,5-2)15-11(16)10-7-6-9(13)8-14-10/h6-8H,4-5,13H2,1-3H3,(H,15,16). The summed E-state index contributed by atoms with van der Waals surface area (Å²) in [6.07, 6.45) is 3.28. The van der Waals surface area contributed by atoms with Crippen molar-refractivity contribution < 1.29 is 4.79 Å². The Morgan fingerprint density at radius 2 is 2.06 bits per heavy atom. The zero-order chi connectivity index (χ0) is 12.2. The van der Waals surface area contributed by atoms with E-state index in [1.165, 1.54) is 6.20 Å². The number of anilines is 1. The molecule has 3 N–H and O–H groups in total. The minimum absolute atomic E-state index is 0.147. The lowest BCUT2D eigenvalue weighted by atomic mass is 9.95. The number of pyridine rings is 1. The van der Waals surface area contributed by atoms with Crippen LogP contribution in [-0.2, 0) is 0 Å². The fourth-order valence-corrected chi connectivity index (χ4v) is 1.30. The Bertz CT molecular complexity index is 355. The number of nitrogens with one attached hydrogen (secondary N) is 1. The molecule has 1 heterocycles. The summed E-state index contributed by atoms with van der Waals surface area (Å²) in [6.45, 7) is 6.14. The van der Waals surface area contributed by atoms with Gasteiger partial charge in [-0.2, -0.15) is 0 Å². The third-order valence-electron chi connectivity index (χ3n) is 2.99. The molecule has 0 aliphatic rings. The van der Waals surface area contributed by atoms with Gasteiger partial charge in [-0.1, -0.05) is 13.8 Å². The first-order chi connectivity index (χ1) is 7.50. The first-order valence-electron chi connectivity index (χ1n) is 5.55. The van der Waals surface area contributed by atoms with Crippen LogP contribution in [0.3, 0.4) is 0 Å². The molecule has 0 aromatic carbocycles. The Labute approximate surface area is 96.3 Å². The molecule has 0 aliphatic carbocycles. The molecule has 0 fully saturated rings. The number of nitrogens with two attached hydrogens (primary N) is 1. The average Bonchev–Trinajstić information content (AvgIpc) is 2.29. The van der Waals surface area contributed by atoms with Gasteiger partial charge >= 0.3 is 0 Å². The van der Waals surface area contributed by atoms with Gasteiger partial charge < -0.3 is 11.1 Å². The molecule has 0 radical (unpaired) electrons. The molecule has 1 rings (SSSR count). The van der Waals surface area contributed by atoms with E-state index < -0.39 is 0 Å². The van der Waals surface area contributed by atoms with Crippen LogP contribution in [0.1, 0.15) is 44.1 Å². The maximum atomic E-state index is 11.9. The minimum atomic E-state index is -0.167. The molecular formula is C12H19N3O. The number of hydrogen-bond acceptors (Lipinski definition) is 3. The predicted octanol–water partition coefficient (Wildman–Crippen LogP) is 1.97. The Morgan fingerprint density at radius 3 is 2.50 bits per heavy atom. The highest BCUT2D eigenvalue weighted by Gasteiger charge is 2.22. The minimum Gasteiger partial charge on any atom is -0.397 e. The SMILES string of the molecule is CCC(C)(CC)NC(=O)c1ccc(N)cn1. The monoisotopic (exact) mass is 221 g/mol. The van der Waals surface area contributed by atoms with Gasteiger partial charge in [0.2, 0.25) is 0 Å². The Balaban J connectivity index is 2.76. The summed E-state index contributed by atoms with van der Waals surface area (Å²) in [7, 11) is 0. The highest BCUT2D eigenvalue weighted by Crippen LogP contribution is 2.14. The number of carbonyl (C=O) groups excluding carboxylic acids is 1. The van der Waals surface area contributed by atoms with Crippen LogP contribution in [-0.4, -0.2) is 16.4 Å². The van der Waals surface area contributed by atoms with E-state index in [0.717, 1.165) is 12.8 Å². The van der Waals surface area contributed by atoms with Gasteiger partial charge in [-0.3, -0.25) is 4.79 Å². The van der Waals surface area contributed by atoms with Gasteiger partial charge in [0.15, 0.2) is 0 Å². The summed E-state index contributed by atoms with van der Waals surface area (Å²) in [4.78, 5) is 15.9. The van der Waals surface area contributed by atoms with Crippen molar-refractivity contribution in [3.63, 3.8) is 0 Å². The first-order valence-corrected chi connectivity index (χ1v) is 5.55. The van der Waals surface area contributed by atoms with E-state index in [9.17, 15) is 4.79 Å². The summed E-state index contributed by atoms with van der Waals surface area (Å²) in [5, 5.41) is 2.99. The molecule has 1 aromatic rings. The molecule has 1 amide bonds. The summed E-state index contributed by atoms with van der Waals surface area (Å²) >= 11 is 0. The number of hydrogen-bond donors (Lipinski definition) is 2. The second-order valence-electron chi connectivity index (χ2n) is 4.20. The lowest BCUT2D eigenvalue weighted by molar-refractivity contribution is 0.0896. The number of nitrogens with zero attached hydrogens (tertiary/aromatic N) is 1. The van der Waals surface area contributed by atoms with Crippen molar-refractivity contribution in [2.75, 3.05) is 5.73 Å². The fourth-order valence-electron chi connectivity index (χ4n) is 1.30. The van der Waals surface area contributed by atoms with Gasteiger partial charge in [0.25, 0.3) is 5.91 Å². The molecule has 0 saturated heterocycles. The van der Waals surface area contributed by atoms with E-state index >= 15 is 0 Å². The van der Waals surface area contributed by atoms with Crippen molar-refractivity contribution in [2.24, 2.45) is 0 Å². The van der Waals surface area contributed by atoms with Crippen molar-refractivity contribution in [2.45, 2.75) is 39.2 Å². The molecule has 0 aliphatic heterocycles. The predicted molar refractivity (Wildman–Crippen MR) is 65.1 cm³/mol. The summed E-state index contributed by atoms with van der Waals surface area (Å²) in [6, 6.07) is 3.31. The van der Waals surface area contributed by atoms with Gasteiger partial charge in [-0.05, 0) is 31.9 Å². The maximum Gasteiger partial charge on any atom is 0.270 e. The van der Waals surface area contributed by atoms with E-state index in [0.29, 0.717) is 11.4 Å². The topological polar surface area (TPSA) is 68.0 Å². The van der Waals surface area contributed by atoms with Crippen LogP contribution in [0.2, 0.25) is 0 Å². The Kier molecular flexibility index (Phi) is 3.88. The van der Waals surface area contributed by atoms with Gasteiger partial charge in [0.1, 0.15) is 5.69 Å². The summed E-state index contributed by atoms with van der Waals surface area (Å²) < 4.78 is 0. The second kappa shape index (κ2) is 4.96. The Morgan fingerprint density at radius 1 is 1.44 bits per heavy atom. The molecule has 0 saturated carbocycles. The summed E-state index contributed by atoms with van der Waals surface area (Å²) in [5.74, 6) is -0.147. The second-order valence-corrected chi connectivity index (χ2v) is 4.20. The highest BCUT2D eigenvalue weighted by molar-refractivity contribution is 5.92. The summed E-state index contributed by atoms with van der Waals surface area (Å²) in [5.41, 5.74) is 6.31. The number of carbonyl (C=O) groups is 1. The number of nitrogen functional groups attached to an aromatic ring is 1. The van der Waals surface area contributed by atoms with Gasteiger partial charge in [0.05, 0.1) is 11.9 Å². The number of rotatable bonds is 4. The lowest BCUT2D eigenvalue weighted by Crippen LogP contribution is -2.45. The van der Waals surface area contributed by atoms with Crippen molar-refractivity contribution in [1.82, 2.24) is 10.3 Å². The molecule has 4 nitrogen and oxygen atoms in total. The zero-order valence-corrected chi connectivity index (χ0v) is 10.1. The van der Waals surface area contributed by atoms with Crippen molar-refractivity contribution >= 4 is 11.6 Å². The lowest BCUT2D eigenvalue weighted by Gasteiger charge is -2.27. The third-order valence-corrected chi connectivity index (χ3v) is 2.99. The third kappa shape index (κ3) is 2.95. The highest BCUT2D eigenvalue weighted by atomic mass is 16.2. The number of aromatic nitrogens is 1. The molecule has 16 heavy (non-hydrogen) atoms. The normalized spacial score (nSPS) is 11.2. The largest absolute Gasteiger partial charge is 0.397 e. The molecule has 0 atom stereocenters. The van der Waals surface area contributed by atoms with Crippen LogP contribution in [0, 0.1) is 0 Å². The van der Waals surface area contributed by atoms with Crippen molar-refractivity contribution in [3.8, 4) is 0 Å². The van der Waals surface area contributed by atoms with E-state index in [2.05, 4.69) is 24.1 Å². The van der Waals surface area contributed by atoms with E-state index in [4.69, 9.17) is 5.73 Å².